The highest BCUT2D eigenvalue weighted by Gasteiger charge is 2.22. The van der Waals surface area contributed by atoms with Crippen LogP contribution in [0.15, 0.2) is 6.20 Å². The first-order chi connectivity index (χ1) is 9.92. The van der Waals surface area contributed by atoms with Gasteiger partial charge in [0, 0.05) is 18.7 Å². The van der Waals surface area contributed by atoms with E-state index in [-0.39, 0.29) is 23.6 Å². The largest absolute Gasteiger partial charge is 0.458 e. The van der Waals surface area contributed by atoms with Crippen molar-refractivity contribution in [1.29, 1.82) is 0 Å². The van der Waals surface area contributed by atoms with Gasteiger partial charge in [0.15, 0.2) is 5.69 Å². The molecule has 118 valence electrons. The van der Waals surface area contributed by atoms with E-state index in [1.807, 2.05) is 20.8 Å². The number of nitrogens with one attached hydrogen (secondary N) is 1. The van der Waals surface area contributed by atoms with Crippen LogP contribution in [-0.4, -0.2) is 27.8 Å². The number of ether oxygens (including phenoxy) is 1. The molecule has 1 N–H and O–H groups in total. The Labute approximate surface area is 125 Å². The summed E-state index contributed by atoms with van der Waals surface area (Å²) in [6, 6.07) is 0. The average Bonchev–Trinajstić information content (AvgIpc) is 2.82. The van der Waals surface area contributed by atoms with Gasteiger partial charge in [-0.1, -0.05) is 13.8 Å². The minimum atomic E-state index is -0.517. The second kappa shape index (κ2) is 7.81. The van der Waals surface area contributed by atoms with Crippen molar-refractivity contribution in [1.82, 2.24) is 9.78 Å². The predicted molar refractivity (Wildman–Crippen MR) is 81.2 cm³/mol. The lowest BCUT2D eigenvalue weighted by Crippen LogP contribution is -2.23. The first-order valence-electron chi connectivity index (χ1n) is 7.52. The van der Waals surface area contributed by atoms with E-state index in [0.717, 1.165) is 12.8 Å². The van der Waals surface area contributed by atoms with Crippen LogP contribution in [0.1, 0.15) is 57.9 Å². The third-order valence-electron chi connectivity index (χ3n) is 3.24. The van der Waals surface area contributed by atoms with Crippen molar-refractivity contribution in [3.63, 3.8) is 0 Å². The molecule has 0 aliphatic carbocycles. The van der Waals surface area contributed by atoms with Crippen LogP contribution in [0.2, 0.25) is 0 Å². The fourth-order valence-electron chi connectivity index (χ4n) is 1.99. The fourth-order valence-corrected chi connectivity index (χ4v) is 1.99. The summed E-state index contributed by atoms with van der Waals surface area (Å²) in [5.74, 6) is -0.671. The van der Waals surface area contributed by atoms with Crippen LogP contribution in [0, 0.1) is 5.92 Å². The van der Waals surface area contributed by atoms with Crippen molar-refractivity contribution in [2.24, 2.45) is 5.92 Å². The highest BCUT2D eigenvalue weighted by molar-refractivity contribution is 6.00. The molecular weight excluding hydrogens is 270 g/mol. The Balaban J connectivity index is 2.97. The Morgan fingerprint density at radius 1 is 1.29 bits per heavy atom. The monoisotopic (exact) mass is 295 g/mol. The number of aromatic nitrogens is 2. The van der Waals surface area contributed by atoms with Crippen LogP contribution in [0.3, 0.4) is 0 Å². The van der Waals surface area contributed by atoms with Crippen molar-refractivity contribution in [2.45, 2.75) is 60.1 Å². The zero-order chi connectivity index (χ0) is 16.0. The van der Waals surface area contributed by atoms with Gasteiger partial charge in [-0.15, -0.1) is 0 Å². The topological polar surface area (TPSA) is 73.2 Å². The molecule has 0 saturated heterocycles. The van der Waals surface area contributed by atoms with Gasteiger partial charge >= 0.3 is 5.97 Å². The van der Waals surface area contributed by atoms with Gasteiger partial charge in [-0.2, -0.15) is 5.10 Å². The molecule has 1 amide bonds. The van der Waals surface area contributed by atoms with Gasteiger partial charge in [-0.25, -0.2) is 4.79 Å². The van der Waals surface area contributed by atoms with Gasteiger partial charge in [0.1, 0.15) is 0 Å². The summed E-state index contributed by atoms with van der Waals surface area (Å²) in [6.07, 6.45) is 2.95. The van der Waals surface area contributed by atoms with Crippen molar-refractivity contribution >= 4 is 17.6 Å². The second-order valence-electron chi connectivity index (χ2n) is 5.20. The van der Waals surface area contributed by atoms with Gasteiger partial charge in [0.25, 0.3) is 0 Å². The van der Waals surface area contributed by atoms with E-state index in [0.29, 0.717) is 12.2 Å². The third kappa shape index (κ3) is 4.58. The Morgan fingerprint density at radius 2 is 1.90 bits per heavy atom. The number of carbonyl (C=O) groups excluding carboxylic acids is 2. The summed E-state index contributed by atoms with van der Waals surface area (Å²) in [5, 5.41) is 6.97. The molecule has 1 aromatic heterocycles. The Hall–Kier alpha value is -1.85. The summed E-state index contributed by atoms with van der Waals surface area (Å²) in [7, 11) is 0. The lowest BCUT2D eigenvalue weighted by atomic mass is 10.0. The molecule has 0 aromatic carbocycles. The molecule has 6 nitrogen and oxygen atoms in total. The van der Waals surface area contributed by atoms with E-state index in [9.17, 15) is 9.59 Å². The molecule has 0 spiro atoms. The van der Waals surface area contributed by atoms with E-state index in [4.69, 9.17) is 4.74 Å². The van der Waals surface area contributed by atoms with Crippen LogP contribution in [0.4, 0.5) is 5.69 Å². The smallest absolute Gasteiger partial charge is 0.361 e. The third-order valence-corrected chi connectivity index (χ3v) is 3.24. The molecule has 0 aliphatic rings. The van der Waals surface area contributed by atoms with Gasteiger partial charge < -0.3 is 10.1 Å². The highest BCUT2D eigenvalue weighted by Crippen LogP contribution is 2.18. The SMILES string of the molecule is CCC(CC)C(=O)Nc1cn(CC)nc1C(=O)OC(C)C. The number of hydrogen-bond acceptors (Lipinski definition) is 4. The number of aryl methyl sites for hydroxylation is 1. The van der Waals surface area contributed by atoms with E-state index in [2.05, 4.69) is 10.4 Å². The number of amides is 1. The fraction of sp³-hybridized carbons (Fsp3) is 0.667. The molecule has 0 aliphatic heterocycles. The number of anilines is 1. The van der Waals surface area contributed by atoms with Crippen molar-refractivity contribution < 1.29 is 14.3 Å². The zero-order valence-electron chi connectivity index (χ0n) is 13.5. The molecule has 0 radical (unpaired) electrons. The molecule has 0 bridgehead atoms. The molecule has 21 heavy (non-hydrogen) atoms. The number of carbonyl (C=O) groups is 2. The summed E-state index contributed by atoms with van der Waals surface area (Å²) in [4.78, 5) is 24.2. The van der Waals surface area contributed by atoms with E-state index in [1.165, 1.54) is 0 Å². The quantitative estimate of drug-likeness (QED) is 0.785. The summed E-state index contributed by atoms with van der Waals surface area (Å²) < 4.78 is 6.77. The molecule has 0 fully saturated rings. The van der Waals surface area contributed by atoms with Gasteiger partial charge in [0.2, 0.25) is 5.91 Å². The lowest BCUT2D eigenvalue weighted by molar-refractivity contribution is -0.120. The maximum absolute atomic E-state index is 12.2. The Bertz CT molecular complexity index is 490. The van der Waals surface area contributed by atoms with E-state index >= 15 is 0 Å². The number of hydrogen-bond donors (Lipinski definition) is 1. The van der Waals surface area contributed by atoms with Crippen molar-refractivity contribution in [3.8, 4) is 0 Å². The zero-order valence-corrected chi connectivity index (χ0v) is 13.5. The Kier molecular flexibility index (Phi) is 6.39. The first kappa shape index (κ1) is 17.2. The summed E-state index contributed by atoms with van der Waals surface area (Å²) in [5.41, 5.74) is 0.573. The number of esters is 1. The minimum absolute atomic E-state index is 0.0658. The molecule has 0 atom stereocenters. The standard InChI is InChI=1S/C15H25N3O3/c1-6-11(7-2)14(19)16-12-9-18(8-3)17-13(12)15(20)21-10(4)5/h9-11H,6-8H2,1-5H3,(H,16,19). The Morgan fingerprint density at radius 3 is 2.38 bits per heavy atom. The summed E-state index contributed by atoms with van der Waals surface area (Å²) >= 11 is 0. The van der Waals surface area contributed by atoms with Crippen molar-refractivity contribution in [3.05, 3.63) is 11.9 Å². The van der Waals surface area contributed by atoms with Gasteiger partial charge in [0.05, 0.1) is 11.8 Å². The van der Waals surface area contributed by atoms with Gasteiger partial charge in [-0.3, -0.25) is 9.48 Å². The second-order valence-corrected chi connectivity index (χ2v) is 5.20. The average molecular weight is 295 g/mol. The molecule has 1 heterocycles. The van der Waals surface area contributed by atoms with Crippen LogP contribution >= 0.6 is 0 Å². The van der Waals surface area contributed by atoms with Crippen LogP contribution in [-0.2, 0) is 16.1 Å². The van der Waals surface area contributed by atoms with Crippen LogP contribution in [0.25, 0.3) is 0 Å². The minimum Gasteiger partial charge on any atom is -0.458 e. The molecule has 6 heteroatoms. The maximum atomic E-state index is 12.2. The van der Waals surface area contributed by atoms with Gasteiger partial charge in [-0.05, 0) is 33.6 Å². The lowest BCUT2D eigenvalue weighted by Gasteiger charge is -2.12. The first-order valence-corrected chi connectivity index (χ1v) is 7.52. The normalized spacial score (nSPS) is 11.0. The molecule has 0 unspecified atom stereocenters. The van der Waals surface area contributed by atoms with Crippen molar-refractivity contribution in [2.75, 3.05) is 5.32 Å². The molecular formula is C15H25N3O3. The van der Waals surface area contributed by atoms with Crippen LogP contribution < -0.4 is 5.32 Å². The van der Waals surface area contributed by atoms with Crippen LogP contribution in [0.5, 0.6) is 0 Å². The summed E-state index contributed by atoms with van der Waals surface area (Å²) in [6.45, 7) is 10.0. The number of nitrogens with zero attached hydrogens (tertiary/aromatic N) is 2. The number of rotatable bonds is 7. The maximum Gasteiger partial charge on any atom is 0.361 e. The predicted octanol–water partition coefficient (Wildman–Crippen LogP) is 2.84. The molecule has 1 rings (SSSR count). The highest BCUT2D eigenvalue weighted by atomic mass is 16.5. The van der Waals surface area contributed by atoms with E-state index < -0.39 is 5.97 Å². The molecule has 0 saturated carbocycles. The van der Waals surface area contributed by atoms with E-state index in [1.54, 1.807) is 24.7 Å². The molecule has 1 aromatic rings.